The van der Waals surface area contributed by atoms with Gasteiger partial charge in [-0.05, 0) is 13.8 Å². The van der Waals surface area contributed by atoms with E-state index in [2.05, 4.69) is 5.32 Å². The van der Waals surface area contributed by atoms with E-state index in [9.17, 15) is 9.90 Å². The normalized spacial score (nSPS) is 13.4. The van der Waals surface area contributed by atoms with Gasteiger partial charge < -0.3 is 15.0 Å². The van der Waals surface area contributed by atoms with Crippen LogP contribution in [0.15, 0.2) is 4.79 Å². The molecule has 5 heteroatoms. The first-order valence-corrected chi connectivity index (χ1v) is 6.31. The molecule has 0 aliphatic rings. The summed E-state index contributed by atoms with van der Waals surface area (Å²) in [6.45, 7) is 8.78. The zero-order valence-corrected chi connectivity index (χ0v) is 11.1. The number of nitrogens with zero attached hydrogens (tertiary/aromatic N) is 1. The molecule has 2 N–H and O–H groups in total. The largest absolute Gasteiger partial charge is 0.390 e. The summed E-state index contributed by atoms with van der Waals surface area (Å²) in [4.78, 5) is 12.6. The van der Waals surface area contributed by atoms with Gasteiger partial charge in [-0.3, -0.25) is 4.79 Å². The average molecular weight is 244 g/mol. The smallest absolute Gasteiger partial charge is 0.307 e. The van der Waals surface area contributed by atoms with Crippen LogP contribution in [-0.2, 0) is 6.54 Å². The quantitative estimate of drug-likeness (QED) is 0.808. The monoisotopic (exact) mass is 244 g/mol. The highest BCUT2D eigenvalue weighted by molar-refractivity contribution is 7.09. The van der Waals surface area contributed by atoms with Crippen LogP contribution < -0.4 is 10.2 Å². The lowest BCUT2D eigenvalue weighted by Gasteiger charge is -2.15. The fourth-order valence-electron chi connectivity index (χ4n) is 1.45. The summed E-state index contributed by atoms with van der Waals surface area (Å²) < 4.78 is 1.65. The molecule has 1 rings (SSSR count). The Balaban J connectivity index is 2.62. The molecule has 0 spiro atoms. The first kappa shape index (κ1) is 13.4. The Kier molecular flexibility index (Phi) is 4.70. The average Bonchev–Trinajstić information content (AvgIpc) is 2.42. The minimum Gasteiger partial charge on any atom is -0.390 e. The third-order valence-corrected chi connectivity index (χ3v) is 3.53. The summed E-state index contributed by atoms with van der Waals surface area (Å²) in [5.41, 5.74) is 0.957. The van der Waals surface area contributed by atoms with Crippen molar-refractivity contribution < 1.29 is 5.11 Å². The van der Waals surface area contributed by atoms with Crippen LogP contribution in [0.2, 0.25) is 0 Å². The topological polar surface area (TPSA) is 54.3 Å². The van der Waals surface area contributed by atoms with E-state index in [1.54, 1.807) is 4.57 Å². The van der Waals surface area contributed by atoms with Gasteiger partial charge >= 0.3 is 4.87 Å². The summed E-state index contributed by atoms with van der Waals surface area (Å²) in [5, 5.41) is 12.9. The number of aromatic nitrogens is 1. The fourth-order valence-corrected chi connectivity index (χ4v) is 2.29. The van der Waals surface area contributed by atoms with Gasteiger partial charge in [-0.1, -0.05) is 25.2 Å². The van der Waals surface area contributed by atoms with Gasteiger partial charge in [-0.15, -0.1) is 0 Å². The summed E-state index contributed by atoms with van der Waals surface area (Å²) in [7, 11) is 0. The second kappa shape index (κ2) is 5.61. The van der Waals surface area contributed by atoms with Gasteiger partial charge in [0, 0.05) is 23.2 Å². The number of hydrogen-bond donors (Lipinski definition) is 2. The van der Waals surface area contributed by atoms with Gasteiger partial charge in [0.05, 0.1) is 12.6 Å². The predicted molar refractivity (Wildman–Crippen MR) is 67.2 cm³/mol. The Morgan fingerprint density at radius 3 is 2.50 bits per heavy atom. The van der Waals surface area contributed by atoms with Crippen molar-refractivity contribution in [2.75, 3.05) is 6.54 Å². The van der Waals surface area contributed by atoms with Gasteiger partial charge in [0.15, 0.2) is 0 Å². The molecule has 16 heavy (non-hydrogen) atoms. The summed E-state index contributed by atoms with van der Waals surface area (Å²) in [6, 6.07) is 0.344. The highest BCUT2D eigenvalue weighted by Gasteiger charge is 2.12. The van der Waals surface area contributed by atoms with Crippen LogP contribution in [0.4, 0.5) is 0 Å². The molecule has 0 bridgehead atoms. The predicted octanol–water partition coefficient (Wildman–Crippen LogP) is 0.886. The standard InChI is InChI=1S/C11H20N2O2S/c1-7(2)12-5-10(14)6-13-8(3)9(4)16-11(13)15/h7,10,12,14H,5-6H2,1-4H3. The minimum atomic E-state index is -0.521. The van der Waals surface area contributed by atoms with Gasteiger partial charge in [0.1, 0.15) is 0 Å². The first-order valence-electron chi connectivity index (χ1n) is 5.50. The van der Waals surface area contributed by atoms with Gasteiger partial charge in [-0.2, -0.15) is 0 Å². The molecule has 4 nitrogen and oxygen atoms in total. The molecule has 0 radical (unpaired) electrons. The van der Waals surface area contributed by atoms with Crippen molar-refractivity contribution in [3.63, 3.8) is 0 Å². The summed E-state index contributed by atoms with van der Waals surface area (Å²) in [6.07, 6.45) is -0.521. The molecule has 0 aliphatic carbocycles. The van der Waals surface area contributed by atoms with Crippen LogP contribution >= 0.6 is 11.3 Å². The number of aryl methyl sites for hydroxylation is 1. The number of aliphatic hydroxyl groups is 1. The van der Waals surface area contributed by atoms with Crippen molar-refractivity contribution in [3.8, 4) is 0 Å². The maximum atomic E-state index is 11.6. The maximum absolute atomic E-state index is 11.6. The van der Waals surface area contributed by atoms with Crippen LogP contribution in [-0.4, -0.2) is 28.4 Å². The Morgan fingerprint density at radius 1 is 1.44 bits per heavy atom. The van der Waals surface area contributed by atoms with E-state index in [1.807, 2.05) is 27.7 Å². The van der Waals surface area contributed by atoms with Gasteiger partial charge in [0.25, 0.3) is 0 Å². The molecule has 0 aliphatic heterocycles. The summed E-state index contributed by atoms with van der Waals surface area (Å²) in [5.74, 6) is 0. The van der Waals surface area contributed by atoms with E-state index in [1.165, 1.54) is 11.3 Å². The van der Waals surface area contributed by atoms with Crippen LogP contribution in [0.1, 0.15) is 24.4 Å². The third kappa shape index (κ3) is 3.43. The third-order valence-electron chi connectivity index (χ3n) is 2.53. The molecule has 1 heterocycles. The number of rotatable bonds is 5. The molecule has 0 aromatic carbocycles. The number of aliphatic hydroxyl groups excluding tert-OH is 1. The highest BCUT2D eigenvalue weighted by Crippen LogP contribution is 2.09. The van der Waals surface area contributed by atoms with Crippen molar-refractivity contribution in [1.82, 2.24) is 9.88 Å². The Hall–Kier alpha value is -0.650. The van der Waals surface area contributed by atoms with E-state index >= 15 is 0 Å². The number of nitrogens with one attached hydrogen (secondary N) is 1. The molecule has 1 atom stereocenters. The molecule has 1 aromatic heterocycles. The zero-order valence-electron chi connectivity index (χ0n) is 10.3. The van der Waals surface area contributed by atoms with Crippen molar-refractivity contribution in [2.24, 2.45) is 0 Å². The minimum absolute atomic E-state index is 0.0126. The van der Waals surface area contributed by atoms with Crippen molar-refractivity contribution >= 4 is 11.3 Å². The molecule has 0 saturated carbocycles. The number of thiazole rings is 1. The SMILES string of the molecule is Cc1sc(=O)n(CC(O)CNC(C)C)c1C. The molecule has 92 valence electrons. The Bertz CT molecular complexity index is 395. The van der Waals surface area contributed by atoms with Crippen LogP contribution in [0.5, 0.6) is 0 Å². The van der Waals surface area contributed by atoms with Gasteiger partial charge in [0.2, 0.25) is 0 Å². The van der Waals surface area contributed by atoms with Crippen molar-refractivity contribution in [1.29, 1.82) is 0 Å². The van der Waals surface area contributed by atoms with Gasteiger partial charge in [-0.25, -0.2) is 0 Å². The fraction of sp³-hybridized carbons (Fsp3) is 0.727. The summed E-state index contributed by atoms with van der Waals surface area (Å²) >= 11 is 1.24. The van der Waals surface area contributed by atoms with Crippen molar-refractivity contribution in [2.45, 2.75) is 46.4 Å². The first-order chi connectivity index (χ1) is 7.41. The lowest BCUT2D eigenvalue weighted by molar-refractivity contribution is 0.147. The van der Waals surface area contributed by atoms with E-state index in [0.29, 0.717) is 19.1 Å². The second-order valence-electron chi connectivity index (χ2n) is 4.34. The molecule has 1 aromatic rings. The lowest BCUT2D eigenvalue weighted by Crippen LogP contribution is -2.36. The lowest BCUT2D eigenvalue weighted by atomic mass is 10.3. The molecule has 1 unspecified atom stereocenters. The highest BCUT2D eigenvalue weighted by atomic mass is 32.1. The molecule has 0 amide bonds. The second-order valence-corrected chi connectivity index (χ2v) is 5.50. The van der Waals surface area contributed by atoms with E-state index < -0.39 is 6.10 Å². The van der Waals surface area contributed by atoms with Crippen LogP contribution in [0.3, 0.4) is 0 Å². The van der Waals surface area contributed by atoms with E-state index in [0.717, 1.165) is 10.6 Å². The molecular weight excluding hydrogens is 224 g/mol. The molecule has 0 saturated heterocycles. The Labute approximate surface area is 99.9 Å². The van der Waals surface area contributed by atoms with E-state index in [-0.39, 0.29) is 4.87 Å². The zero-order chi connectivity index (χ0) is 12.3. The molecular formula is C11H20N2O2S. The maximum Gasteiger partial charge on any atom is 0.307 e. The molecule has 0 fully saturated rings. The van der Waals surface area contributed by atoms with Crippen LogP contribution in [0.25, 0.3) is 0 Å². The number of hydrogen-bond acceptors (Lipinski definition) is 4. The van der Waals surface area contributed by atoms with Crippen molar-refractivity contribution in [3.05, 3.63) is 20.2 Å². The van der Waals surface area contributed by atoms with E-state index in [4.69, 9.17) is 0 Å². The van der Waals surface area contributed by atoms with Crippen LogP contribution in [0, 0.1) is 13.8 Å². The Morgan fingerprint density at radius 2 is 2.06 bits per heavy atom.